The summed E-state index contributed by atoms with van der Waals surface area (Å²) in [6, 6.07) is 19.4. The van der Waals surface area contributed by atoms with Gasteiger partial charge in [0.1, 0.15) is 11.6 Å². The van der Waals surface area contributed by atoms with Crippen LogP contribution in [0.4, 0.5) is 10.1 Å². The van der Waals surface area contributed by atoms with Gasteiger partial charge in [0.15, 0.2) is 0 Å². The van der Waals surface area contributed by atoms with E-state index in [0.717, 1.165) is 5.56 Å². The van der Waals surface area contributed by atoms with Crippen LogP contribution in [0.3, 0.4) is 0 Å². The summed E-state index contributed by atoms with van der Waals surface area (Å²) in [5.41, 5.74) is 1.70. The third kappa shape index (κ3) is 4.11. The first-order chi connectivity index (χ1) is 12.9. The molecule has 0 radical (unpaired) electrons. The van der Waals surface area contributed by atoms with Crippen molar-refractivity contribution in [3.05, 3.63) is 89.7 Å². The molecule has 4 nitrogen and oxygen atoms in total. The molecular weight excluding hydrogens is 365 g/mol. The normalized spacial score (nSPS) is 11.2. The highest BCUT2D eigenvalue weighted by molar-refractivity contribution is 7.92. The SMILES string of the molecule is COc1ccc(S(=O)(=O)N(Cc2ccccc2F)c2cccc(C)c2)cc1. The molecule has 0 atom stereocenters. The molecule has 0 N–H and O–H groups in total. The van der Waals surface area contributed by atoms with Crippen molar-refractivity contribution in [3.63, 3.8) is 0 Å². The molecule has 0 heterocycles. The average molecular weight is 385 g/mol. The Morgan fingerprint density at radius 2 is 1.67 bits per heavy atom. The summed E-state index contributed by atoms with van der Waals surface area (Å²) in [5, 5.41) is 0. The van der Waals surface area contributed by atoms with E-state index in [1.54, 1.807) is 48.5 Å². The third-order valence-corrected chi connectivity index (χ3v) is 6.00. The van der Waals surface area contributed by atoms with Crippen LogP contribution in [0, 0.1) is 12.7 Å². The number of benzene rings is 3. The first kappa shape index (κ1) is 18.9. The van der Waals surface area contributed by atoms with E-state index >= 15 is 0 Å². The quantitative estimate of drug-likeness (QED) is 0.626. The predicted octanol–water partition coefficient (Wildman–Crippen LogP) is 4.54. The minimum Gasteiger partial charge on any atom is -0.497 e. The number of sulfonamides is 1. The number of ether oxygens (including phenoxy) is 1. The molecule has 6 heteroatoms. The molecule has 0 aliphatic rings. The number of hydrogen-bond acceptors (Lipinski definition) is 3. The fourth-order valence-electron chi connectivity index (χ4n) is 2.75. The number of hydrogen-bond donors (Lipinski definition) is 0. The molecule has 0 bridgehead atoms. The van der Waals surface area contributed by atoms with E-state index < -0.39 is 15.8 Å². The largest absolute Gasteiger partial charge is 0.497 e. The average Bonchev–Trinajstić information content (AvgIpc) is 2.67. The molecule has 0 spiro atoms. The number of rotatable bonds is 6. The van der Waals surface area contributed by atoms with Crippen molar-refractivity contribution in [2.24, 2.45) is 0 Å². The second-order valence-electron chi connectivity index (χ2n) is 6.12. The Hall–Kier alpha value is -2.86. The smallest absolute Gasteiger partial charge is 0.264 e. The molecular formula is C21H20FNO3S. The summed E-state index contributed by atoms with van der Waals surface area (Å²) in [6.45, 7) is 1.77. The lowest BCUT2D eigenvalue weighted by atomic mass is 10.2. The number of methoxy groups -OCH3 is 1. The predicted molar refractivity (Wildman–Crippen MR) is 104 cm³/mol. The third-order valence-electron chi connectivity index (χ3n) is 4.21. The van der Waals surface area contributed by atoms with Crippen LogP contribution in [0.5, 0.6) is 5.75 Å². The molecule has 3 rings (SSSR count). The molecule has 27 heavy (non-hydrogen) atoms. The second-order valence-corrected chi connectivity index (χ2v) is 7.98. The minimum atomic E-state index is -3.90. The van der Waals surface area contributed by atoms with Crippen LogP contribution in [0.1, 0.15) is 11.1 Å². The highest BCUT2D eigenvalue weighted by Gasteiger charge is 2.26. The van der Waals surface area contributed by atoms with Crippen LogP contribution in [-0.4, -0.2) is 15.5 Å². The standard InChI is InChI=1S/C21H20FNO3S/c1-16-6-5-8-18(14-16)23(15-17-7-3-4-9-21(17)22)27(24,25)20-12-10-19(26-2)11-13-20/h3-14H,15H2,1-2H3. The Bertz CT molecular complexity index is 1030. The van der Waals surface area contributed by atoms with Gasteiger partial charge in [0.05, 0.1) is 24.2 Å². The molecule has 0 aliphatic carbocycles. The molecule has 0 unspecified atom stereocenters. The van der Waals surface area contributed by atoms with Crippen LogP contribution in [0.2, 0.25) is 0 Å². The van der Waals surface area contributed by atoms with E-state index in [1.807, 2.05) is 13.0 Å². The highest BCUT2D eigenvalue weighted by atomic mass is 32.2. The van der Waals surface area contributed by atoms with Crippen molar-refractivity contribution in [1.82, 2.24) is 0 Å². The summed E-state index contributed by atoms with van der Waals surface area (Å²) in [5.74, 6) is 0.116. The molecule has 3 aromatic rings. The Morgan fingerprint density at radius 3 is 2.30 bits per heavy atom. The van der Waals surface area contributed by atoms with Crippen LogP contribution in [0.15, 0.2) is 77.7 Å². The van der Waals surface area contributed by atoms with Crippen molar-refractivity contribution in [3.8, 4) is 5.75 Å². The molecule has 0 saturated heterocycles. The van der Waals surface area contributed by atoms with Gasteiger partial charge in [0.25, 0.3) is 10.0 Å². The second kappa shape index (κ2) is 7.80. The van der Waals surface area contributed by atoms with Gasteiger partial charge in [0, 0.05) is 5.56 Å². The van der Waals surface area contributed by atoms with E-state index in [2.05, 4.69) is 0 Å². The summed E-state index contributed by atoms with van der Waals surface area (Å²) >= 11 is 0. The van der Waals surface area contributed by atoms with Gasteiger partial charge < -0.3 is 4.74 Å². The summed E-state index contributed by atoms with van der Waals surface area (Å²) in [7, 11) is -2.39. The van der Waals surface area contributed by atoms with Gasteiger partial charge in [-0.2, -0.15) is 0 Å². The molecule has 3 aromatic carbocycles. The molecule has 0 fully saturated rings. The Balaban J connectivity index is 2.09. The van der Waals surface area contributed by atoms with Crippen LogP contribution >= 0.6 is 0 Å². The van der Waals surface area contributed by atoms with E-state index in [9.17, 15) is 12.8 Å². The van der Waals surface area contributed by atoms with E-state index in [1.165, 1.54) is 29.6 Å². The lowest BCUT2D eigenvalue weighted by Gasteiger charge is -2.25. The van der Waals surface area contributed by atoms with Crippen LogP contribution < -0.4 is 9.04 Å². The summed E-state index contributed by atoms with van der Waals surface area (Å²) < 4.78 is 47.2. The molecule has 0 aliphatic heterocycles. The van der Waals surface area contributed by atoms with Crippen molar-refractivity contribution in [1.29, 1.82) is 0 Å². The van der Waals surface area contributed by atoms with Crippen molar-refractivity contribution < 1.29 is 17.5 Å². The van der Waals surface area contributed by atoms with E-state index in [4.69, 9.17) is 4.74 Å². The minimum absolute atomic E-state index is 0.107. The first-order valence-electron chi connectivity index (χ1n) is 8.38. The fraction of sp³-hybridized carbons (Fsp3) is 0.143. The Labute approximate surface area is 158 Å². The van der Waals surface area contributed by atoms with Crippen molar-refractivity contribution in [2.75, 3.05) is 11.4 Å². The fourth-order valence-corrected chi connectivity index (χ4v) is 4.19. The number of halogens is 1. The number of anilines is 1. The van der Waals surface area contributed by atoms with Crippen LogP contribution in [-0.2, 0) is 16.6 Å². The molecule has 0 saturated carbocycles. The lowest BCUT2D eigenvalue weighted by Crippen LogP contribution is -2.31. The monoisotopic (exact) mass is 385 g/mol. The first-order valence-corrected chi connectivity index (χ1v) is 9.82. The van der Waals surface area contributed by atoms with Gasteiger partial charge in [-0.25, -0.2) is 12.8 Å². The van der Waals surface area contributed by atoms with Crippen molar-refractivity contribution >= 4 is 15.7 Å². The Morgan fingerprint density at radius 1 is 0.963 bits per heavy atom. The van der Waals surface area contributed by atoms with Gasteiger partial charge in [-0.15, -0.1) is 0 Å². The van der Waals surface area contributed by atoms with Gasteiger partial charge in [-0.05, 0) is 55.0 Å². The molecule has 0 amide bonds. The maximum atomic E-state index is 14.2. The Kier molecular flexibility index (Phi) is 5.46. The summed E-state index contributed by atoms with van der Waals surface area (Å²) in [4.78, 5) is 0.112. The zero-order valence-corrected chi connectivity index (χ0v) is 15.9. The maximum Gasteiger partial charge on any atom is 0.264 e. The van der Waals surface area contributed by atoms with Gasteiger partial charge >= 0.3 is 0 Å². The summed E-state index contributed by atoms with van der Waals surface area (Å²) in [6.07, 6.45) is 0. The van der Waals surface area contributed by atoms with E-state index in [0.29, 0.717) is 17.0 Å². The topological polar surface area (TPSA) is 46.6 Å². The van der Waals surface area contributed by atoms with Gasteiger partial charge in [0.2, 0.25) is 0 Å². The maximum absolute atomic E-state index is 14.2. The van der Waals surface area contributed by atoms with E-state index in [-0.39, 0.29) is 11.4 Å². The van der Waals surface area contributed by atoms with Gasteiger partial charge in [-0.1, -0.05) is 30.3 Å². The highest BCUT2D eigenvalue weighted by Crippen LogP contribution is 2.28. The number of nitrogens with zero attached hydrogens (tertiary/aromatic N) is 1. The molecule has 0 aromatic heterocycles. The zero-order chi connectivity index (χ0) is 19.4. The lowest BCUT2D eigenvalue weighted by molar-refractivity contribution is 0.414. The van der Waals surface area contributed by atoms with Crippen molar-refractivity contribution in [2.45, 2.75) is 18.4 Å². The van der Waals surface area contributed by atoms with Gasteiger partial charge in [-0.3, -0.25) is 4.31 Å². The number of aryl methyl sites for hydroxylation is 1. The molecule has 140 valence electrons. The van der Waals surface area contributed by atoms with Crippen LogP contribution in [0.25, 0.3) is 0 Å². The zero-order valence-electron chi connectivity index (χ0n) is 15.1.